The molecule has 6 nitrogen and oxygen atoms in total. The maximum atomic E-state index is 11.4. The van der Waals surface area contributed by atoms with Crippen LogP contribution in [-0.4, -0.2) is 35.7 Å². The minimum atomic E-state index is -0.937. The number of primary amides is 1. The van der Waals surface area contributed by atoms with E-state index >= 15 is 0 Å². The van der Waals surface area contributed by atoms with Gasteiger partial charge in [0.2, 0.25) is 0 Å². The topological polar surface area (TPSA) is 102 Å². The lowest BCUT2D eigenvalue weighted by Crippen LogP contribution is -2.25. The van der Waals surface area contributed by atoms with E-state index in [1.165, 1.54) is 0 Å². The molecule has 1 saturated heterocycles. The van der Waals surface area contributed by atoms with Crippen molar-refractivity contribution >= 4 is 33.5 Å². The van der Waals surface area contributed by atoms with Gasteiger partial charge in [-0.3, -0.25) is 4.79 Å². The minimum Gasteiger partial charge on any atom is -0.479 e. The fourth-order valence-electron chi connectivity index (χ4n) is 2.18. The SMILES string of the molecule is NC(=O)c1c(Br)cccc1NCC1CCC(C(=O)O)O1. The summed E-state index contributed by atoms with van der Waals surface area (Å²) in [7, 11) is 0. The molecule has 2 atom stereocenters. The summed E-state index contributed by atoms with van der Waals surface area (Å²) in [5.74, 6) is -1.47. The van der Waals surface area contributed by atoms with Gasteiger partial charge in [-0.05, 0) is 40.9 Å². The highest BCUT2D eigenvalue weighted by molar-refractivity contribution is 9.10. The molecule has 0 spiro atoms. The highest BCUT2D eigenvalue weighted by Crippen LogP contribution is 2.26. The fraction of sp³-hybridized carbons (Fsp3) is 0.385. The van der Waals surface area contributed by atoms with Crippen molar-refractivity contribution < 1.29 is 19.4 Å². The number of carbonyl (C=O) groups excluding carboxylic acids is 1. The molecule has 4 N–H and O–H groups in total. The number of ether oxygens (including phenoxy) is 1. The Hall–Kier alpha value is -1.60. The van der Waals surface area contributed by atoms with Crippen molar-refractivity contribution in [2.45, 2.75) is 25.0 Å². The summed E-state index contributed by atoms with van der Waals surface area (Å²) in [6.07, 6.45) is 0.253. The summed E-state index contributed by atoms with van der Waals surface area (Å²) in [5, 5.41) is 11.9. The van der Waals surface area contributed by atoms with E-state index in [0.717, 1.165) is 0 Å². The van der Waals surface area contributed by atoms with Crippen molar-refractivity contribution in [1.29, 1.82) is 0 Å². The quantitative estimate of drug-likeness (QED) is 0.754. The third-order valence-corrected chi connectivity index (χ3v) is 3.82. The number of aliphatic carboxylic acids is 1. The van der Waals surface area contributed by atoms with Crippen molar-refractivity contribution in [3.05, 3.63) is 28.2 Å². The number of carboxylic acid groups (broad SMARTS) is 1. The lowest BCUT2D eigenvalue weighted by atomic mass is 10.1. The van der Waals surface area contributed by atoms with Gasteiger partial charge < -0.3 is 20.9 Å². The Morgan fingerprint density at radius 2 is 2.20 bits per heavy atom. The van der Waals surface area contributed by atoms with E-state index in [0.29, 0.717) is 35.1 Å². The normalized spacial score (nSPS) is 21.6. The van der Waals surface area contributed by atoms with Gasteiger partial charge in [0.25, 0.3) is 5.91 Å². The third-order valence-electron chi connectivity index (χ3n) is 3.16. The van der Waals surface area contributed by atoms with Gasteiger partial charge in [-0.15, -0.1) is 0 Å². The molecule has 1 amide bonds. The molecule has 0 bridgehead atoms. The van der Waals surface area contributed by atoms with Crippen LogP contribution in [0.2, 0.25) is 0 Å². The summed E-state index contributed by atoms with van der Waals surface area (Å²) in [4.78, 5) is 22.2. The molecule has 1 aliphatic rings. The summed E-state index contributed by atoms with van der Waals surface area (Å²) in [6.45, 7) is 0.431. The molecular weight excluding hydrogens is 328 g/mol. The Labute approximate surface area is 124 Å². The van der Waals surface area contributed by atoms with E-state index in [9.17, 15) is 9.59 Å². The van der Waals surface area contributed by atoms with Crippen LogP contribution in [0.1, 0.15) is 23.2 Å². The Kier molecular flexibility index (Phi) is 4.61. The average molecular weight is 343 g/mol. The van der Waals surface area contributed by atoms with Crippen LogP contribution in [0.5, 0.6) is 0 Å². The predicted molar refractivity (Wildman–Crippen MR) is 76.7 cm³/mol. The molecule has 2 rings (SSSR count). The smallest absolute Gasteiger partial charge is 0.332 e. The molecule has 7 heteroatoms. The molecular formula is C13H15BrN2O4. The largest absolute Gasteiger partial charge is 0.479 e. The first-order valence-electron chi connectivity index (χ1n) is 6.19. The molecule has 2 unspecified atom stereocenters. The van der Waals surface area contributed by atoms with E-state index in [2.05, 4.69) is 21.2 Å². The monoisotopic (exact) mass is 342 g/mol. The third kappa shape index (κ3) is 3.29. The Morgan fingerprint density at radius 3 is 2.80 bits per heavy atom. The number of halogens is 1. The number of amides is 1. The van der Waals surface area contributed by atoms with Crippen LogP contribution >= 0.6 is 15.9 Å². The van der Waals surface area contributed by atoms with Gasteiger partial charge in [0.15, 0.2) is 6.10 Å². The van der Waals surface area contributed by atoms with Crippen LogP contribution in [0.25, 0.3) is 0 Å². The molecule has 1 aliphatic heterocycles. The maximum Gasteiger partial charge on any atom is 0.332 e. The maximum absolute atomic E-state index is 11.4. The van der Waals surface area contributed by atoms with Gasteiger partial charge >= 0.3 is 5.97 Å². The number of carbonyl (C=O) groups is 2. The first kappa shape index (κ1) is 14.8. The highest BCUT2D eigenvalue weighted by Gasteiger charge is 2.30. The number of benzene rings is 1. The molecule has 1 heterocycles. The van der Waals surface area contributed by atoms with Crippen molar-refractivity contribution in [2.75, 3.05) is 11.9 Å². The summed E-state index contributed by atoms with van der Waals surface area (Å²) >= 11 is 3.28. The first-order valence-corrected chi connectivity index (χ1v) is 6.98. The molecule has 20 heavy (non-hydrogen) atoms. The van der Waals surface area contributed by atoms with Crippen molar-refractivity contribution in [2.24, 2.45) is 5.73 Å². The van der Waals surface area contributed by atoms with Crippen LogP contribution in [-0.2, 0) is 9.53 Å². The molecule has 0 aliphatic carbocycles. The number of rotatable bonds is 5. The van der Waals surface area contributed by atoms with E-state index in [-0.39, 0.29) is 6.10 Å². The number of nitrogens with two attached hydrogens (primary N) is 1. The van der Waals surface area contributed by atoms with Crippen LogP contribution in [0.3, 0.4) is 0 Å². The second-order valence-electron chi connectivity index (χ2n) is 4.57. The van der Waals surface area contributed by atoms with Crippen LogP contribution < -0.4 is 11.1 Å². The van der Waals surface area contributed by atoms with E-state index in [1.54, 1.807) is 18.2 Å². The number of carboxylic acids is 1. The van der Waals surface area contributed by atoms with Gasteiger partial charge in [0.05, 0.1) is 11.7 Å². The van der Waals surface area contributed by atoms with Gasteiger partial charge in [0, 0.05) is 16.7 Å². The Balaban J connectivity index is 2.00. The van der Waals surface area contributed by atoms with Crippen LogP contribution in [0, 0.1) is 0 Å². The summed E-state index contributed by atoms with van der Waals surface area (Å²) in [5.41, 5.74) is 6.32. The number of nitrogens with one attached hydrogen (secondary N) is 1. The van der Waals surface area contributed by atoms with Gasteiger partial charge in [0.1, 0.15) is 0 Å². The van der Waals surface area contributed by atoms with Crippen LogP contribution in [0.4, 0.5) is 5.69 Å². The molecule has 108 valence electrons. The lowest BCUT2D eigenvalue weighted by molar-refractivity contribution is -0.149. The van der Waals surface area contributed by atoms with Crippen molar-refractivity contribution in [1.82, 2.24) is 0 Å². The van der Waals surface area contributed by atoms with E-state index in [4.69, 9.17) is 15.6 Å². The van der Waals surface area contributed by atoms with Crippen molar-refractivity contribution in [3.63, 3.8) is 0 Å². The zero-order valence-corrected chi connectivity index (χ0v) is 12.2. The molecule has 1 aromatic rings. The molecule has 1 aromatic carbocycles. The number of anilines is 1. The fourth-order valence-corrected chi connectivity index (χ4v) is 2.74. The lowest BCUT2D eigenvalue weighted by Gasteiger charge is -2.15. The van der Waals surface area contributed by atoms with E-state index < -0.39 is 18.0 Å². The van der Waals surface area contributed by atoms with Gasteiger partial charge in [-0.25, -0.2) is 4.79 Å². The van der Waals surface area contributed by atoms with Crippen LogP contribution in [0.15, 0.2) is 22.7 Å². The van der Waals surface area contributed by atoms with Gasteiger partial charge in [-0.1, -0.05) is 6.07 Å². The number of hydrogen-bond donors (Lipinski definition) is 3. The molecule has 0 aromatic heterocycles. The average Bonchev–Trinajstić information content (AvgIpc) is 2.84. The summed E-state index contributed by atoms with van der Waals surface area (Å²) < 4.78 is 6.00. The zero-order chi connectivity index (χ0) is 14.7. The highest BCUT2D eigenvalue weighted by atomic mass is 79.9. The second kappa shape index (κ2) is 6.23. The zero-order valence-electron chi connectivity index (χ0n) is 10.6. The predicted octanol–water partition coefficient (Wildman–Crippen LogP) is 1.59. The first-order chi connectivity index (χ1) is 9.49. The minimum absolute atomic E-state index is 0.184. The molecule has 0 radical (unpaired) electrons. The second-order valence-corrected chi connectivity index (χ2v) is 5.42. The molecule has 0 saturated carbocycles. The van der Waals surface area contributed by atoms with E-state index in [1.807, 2.05) is 0 Å². The van der Waals surface area contributed by atoms with Gasteiger partial charge in [-0.2, -0.15) is 0 Å². The standard InChI is InChI=1S/C13H15BrN2O4/c14-8-2-1-3-9(11(8)12(15)17)16-6-7-4-5-10(20-7)13(18)19/h1-3,7,10,16H,4-6H2,(H2,15,17)(H,18,19). The molecule has 1 fully saturated rings. The van der Waals surface area contributed by atoms with Crippen molar-refractivity contribution in [3.8, 4) is 0 Å². The number of hydrogen-bond acceptors (Lipinski definition) is 4. The Morgan fingerprint density at radius 1 is 1.45 bits per heavy atom. The summed E-state index contributed by atoms with van der Waals surface area (Å²) in [6, 6.07) is 5.26. The Bertz CT molecular complexity index is 535.